The number of benzene rings is 2. The lowest BCUT2D eigenvalue weighted by Gasteiger charge is -2.29. The molecule has 0 amide bonds. The molecule has 2 aromatic heterocycles. The van der Waals surface area contributed by atoms with Gasteiger partial charge in [-0.15, -0.1) is 0 Å². The van der Waals surface area contributed by atoms with E-state index in [-0.39, 0.29) is 22.4 Å². The summed E-state index contributed by atoms with van der Waals surface area (Å²) in [5, 5.41) is 8.91. The zero-order valence-corrected chi connectivity index (χ0v) is 27.4. The predicted octanol–water partition coefficient (Wildman–Crippen LogP) is 7.91. The van der Waals surface area contributed by atoms with Crippen LogP contribution in [-0.4, -0.2) is 21.5 Å². The number of nitriles is 1. The second-order valence-electron chi connectivity index (χ2n) is 13.0. The summed E-state index contributed by atoms with van der Waals surface area (Å²) in [6.45, 7) is 8.38. The Balaban J connectivity index is 0.000000178. The average Bonchev–Trinajstić information content (AvgIpc) is 2.98. The Morgan fingerprint density at radius 3 is 1.58 bits per heavy atom. The highest BCUT2D eigenvalue weighted by Crippen LogP contribution is 2.34. The molecule has 2 aromatic carbocycles. The number of hydrogen-bond acceptors (Lipinski definition) is 5. The molecular formula is C39H32BrN3O2. The number of halogens is 1. The average molecular weight is 655 g/mol. The van der Waals surface area contributed by atoms with Crippen molar-refractivity contribution in [1.82, 2.24) is 9.97 Å². The Morgan fingerprint density at radius 2 is 1.09 bits per heavy atom. The zero-order chi connectivity index (χ0) is 32.2. The van der Waals surface area contributed by atoms with Gasteiger partial charge in [-0.25, -0.2) is 9.97 Å². The molecule has 2 aliphatic rings. The van der Waals surface area contributed by atoms with Crippen molar-refractivity contribution in [1.29, 1.82) is 5.26 Å². The first-order chi connectivity index (χ1) is 21.4. The van der Waals surface area contributed by atoms with Gasteiger partial charge in [-0.05, 0) is 96.2 Å². The van der Waals surface area contributed by atoms with Crippen LogP contribution in [0, 0.1) is 45.8 Å². The van der Waals surface area contributed by atoms with E-state index in [9.17, 15) is 9.59 Å². The summed E-state index contributed by atoms with van der Waals surface area (Å²) in [6.07, 6.45) is 2.76. The summed E-state index contributed by atoms with van der Waals surface area (Å²) in [6, 6.07) is 24.4. The van der Waals surface area contributed by atoms with Crippen molar-refractivity contribution in [2.45, 2.75) is 53.4 Å². The summed E-state index contributed by atoms with van der Waals surface area (Å²) in [7, 11) is 0. The van der Waals surface area contributed by atoms with E-state index in [2.05, 4.69) is 83.3 Å². The van der Waals surface area contributed by atoms with Gasteiger partial charge in [0.05, 0.1) is 23.0 Å². The van der Waals surface area contributed by atoms with Gasteiger partial charge in [0, 0.05) is 39.6 Å². The molecule has 6 heteroatoms. The first-order valence-electron chi connectivity index (χ1n) is 14.8. The molecule has 0 atom stereocenters. The number of fused-ring (bicyclic) bond motifs is 2. The van der Waals surface area contributed by atoms with Crippen molar-refractivity contribution in [3.63, 3.8) is 0 Å². The molecule has 6 rings (SSSR count). The van der Waals surface area contributed by atoms with Crippen molar-refractivity contribution in [3.05, 3.63) is 128 Å². The van der Waals surface area contributed by atoms with Crippen molar-refractivity contribution >= 4 is 27.5 Å². The number of pyridine rings is 2. The Bertz CT molecular complexity index is 1990. The number of Topliss-reactive ketones (excluding diaryl/α,β-unsaturated/α-hetero) is 2. The van der Waals surface area contributed by atoms with E-state index in [1.807, 2.05) is 54.6 Å². The number of nitrogens with zero attached hydrogens (tertiary/aromatic N) is 3. The lowest BCUT2D eigenvalue weighted by atomic mass is 9.75. The minimum absolute atomic E-state index is 0.0204. The van der Waals surface area contributed by atoms with Gasteiger partial charge in [-0.2, -0.15) is 5.26 Å². The van der Waals surface area contributed by atoms with Gasteiger partial charge in [0.2, 0.25) is 0 Å². The molecule has 222 valence electrons. The molecule has 0 saturated heterocycles. The maximum Gasteiger partial charge on any atom is 0.165 e. The fourth-order valence-electron chi connectivity index (χ4n) is 5.52. The minimum atomic E-state index is -0.0513. The number of aromatic nitrogens is 2. The third kappa shape index (κ3) is 8.21. The van der Waals surface area contributed by atoms with Crippen LogP contribution in [0.3, 0.4) is 0 Å². The van der Waals surface area contributed by atoms with Crippen LogP contribution >= 0.6 is 15.9 Å². The molecule has 4 aromatic rings. The highest BCUT2D eigenvalue weighted by atomic mass is 79.9. The molecule has 0 radical (unpaired) electrons. The molecule has 2 aliphatic carbocycles. The largest absolute Gasteiger partial charge is 0.294 e. The van der Waals surface area contributed by atoms with Gasteiger partial charge < -0.3 is 0 Å². The van der Waals surface area contributed by atoms with E-state index in [0.717, 1.165) is 51.0 Å². The van der Waals surface area contributed by atoms with Gasteiger partial charge in [0.25, 0.3) is 0 Å². The van der Waals surface area contributed by atoms with E-state index in [4.69, 9.17) is 5.26 Å². The lowest BCUT2D eigenvalue weighted by molar-refractivity contribution is 0.0900. The third-order valence-electron chi connectivity index (χ3n) is 7.61. The van der Waals surface area contributed by atoms with Crippen molar-refractivity contribution in [2.75, 3.05) is 0 Å². The first-order valence-corrected chi connectivity index (χ1v) is 15.6. The van der Waals surface area contributed by atoms with Crippen molar-refractivity contribution in [3.8, 4) is 29.8 Å². The number of carbonyl (C=O) groups is 2. The van der Waals surface area contributed by atoms with E-state index in [0.29, 0.717) is 29.8 Å². The van der Waals surface area contributed by atoms with Crippen LogP contribution in [0.25, 0.3) is 0 Å². The minimum Gasteiger partial charge on any atom is -0.294 e. The van der Waals surface area contributed by atoms with Gasteiger partial charge in [-0.3, -0.25) is 9.59 Å². The van der Waals surface area contributed by atoms with Crippen LogP contribution in [0.5, 0.6) is 0 Å². The number of rotatable bonds is 0. The fraction of sp³-hybridized carbons (Fsp3) is 0.256. The smallest absolute Gasteiger partial charge is 0.165 e. The highest BCUT2D eigenvalue weighted by Gasteiger charge is 2.32. The summed E-state index contributed by atoms with van der Waals surface area (Å²) < 4.78 is 1.00. The highest BCUT2D eigenvalue weighted by molar-refractivity contribution is 9.10. The molecule has 0 saturated carbocycles. The molecule has 5 nitrogen and oxygen atoms in total. The Kier molecular flexibility index (Phi) is 9.15. The first kappa shape index (κ1) is 31.6. The molecule has 45 heavy (non-hydrogen) atoms. The summed E-state index contributed by atoms with van der Waals surface area (Å²) >= 11 is 3.44. The molecule has 2 heterocycles. The molecular weight excluding hydrogens is 622 g/mol. The van der Waals surface area contributed by atoms with Gasteiger partial charge in [0.1, 0.15) is 11.4 Å². The summed E-state index contributed by atoms with van der Waals surface area (Å²) in [5.41, 5.74) is 6.78. The van der Waals surface area contributed by atoms with Crippen LogP contribution in [0.15, 0.2) is 77.3 Å². The maximum atomic E-state index is 12.2. The summed E-state index contributed by atoms with van der Waals surface area (Å²) in [4.78, 5) is 33.5. The Labute approximate surface area is 273 Å². The molecule has 0 spiro atoms. The SMILES string of the molecule is CC1(C)CC(=O)c2ccc(C#Cc3cccc(Br)c3)nc2C1.CC1(C)CC(=O)c2ccc(C#Cc3cccc(C#N)c3)nc2C1. The third-order valence-corrected chi connectivity index (χ3v) is 8.10. The molecule has 0 aliphatic heterocycles. The second kappa shape index (κ2) is 13.0. The molecule has 0 N–H and O–H groups in total. The van der Waals surface area contributed by atoms with E-state index in [1.54, 1.807) is 18.2 Å². The van der Waals surface area contributed by atoms with Crippen LogP contribution in [0.1, 0.15) is 101 Å². The second-order valence-corrected chi connectivity index (χ2v) is 13.9. The number of carbonyl (C=O) groups excluding carboxylic acids is 2. The molecule has 0 bridgehead atoms. The van der Waals surface area contributed by atoms with E-state index in [1.165, 1.54) is 0 Å². The van der Waals surface area contributed by atoms with Crippen LogP contribution in [0.2, 0.25) is 0 Å². The fourth-order valence-corrected chi connectivity index (χ4v) is 5.91. The number of ketones is 2. The van der Waals surface area contributed by atoms with Crippen LogP contribution < -0.4 is 0 Å². The number of hydrogen-bond donors (Lipinski definition) is 0. The molecule has 0 unspecified atom stereocenters. The zero-order valence-electron chi connectivity index (χ0n) is 25.8. The van der Waals surface area contributed by atoms with Gasteiger partial charge in [-0.1, -0.05) is 67.6 Å². The Hall–Kier alpha value is -4.83. The van der Waals surface area contributed by atoms with Crippen molar-refractivity contribution in [2.24, 2.45) is 10.8 Å². The lowest BCUT2D eigenvalue weighted by Crippen LogP contribution is -2.28. The molecule has 0 fully saturated rings. The van der Waals surface area contributed by atoms with E-state index >= 15 is 0 Å². The van der Waals surface area contributed by atoms with E-state index < -0.39 is 0 Å². The van der Waals surface area contributed by atoms with Crippen LogP contribution in [0.4, 0.5) is 0 Å². The monoisotopic (exact) mass is 653 g/mol. The van der Waals surface area contributed by atoms with Gasteiger partial charge in [0.15, 0.2) is 11.6 Å². The quantitative estimate of drug-likeness (QED) is 0.180. The standard InChI is InChI=1S/C20H16N2O.C19H16BrNO/c1-20(2)11-18-17(19(23)12-20)9-8-16(22-18)7-6-14-4-3-5-15(10-14)13-21;1-19(2)11-17-16(18(22)12-19)9-8-15(21-17)7-6-13-4-3-5-14(20)10-13/h3-5,8-10H,11-12H2,1-2H3;3-5,8-10H,11-12H2,1-2H3. The predicted molar refractivity (Wildman–Crippen MR) is 179 cm³/mol. The maximum absolute atomic E-state index is 12.2. The Morgan fingerprint density at radius 1 is 0.622 bits per heavy atom. The normalized spacial score (nSPS) is 15.4. The summed E-state index contributed by atoms with van der Waals surface area (Å²) in [5.74, 6) is 12.6. The topological polar surface area (TPSA) is 83.7 Å². The van der Waals surface area contributed by atoms with Gasteiger partial charge >= 0.3 is 0 Å². The van der Waals surface area contributed by atoms with Crippen LogP contribution in [-0.2, 0) is 12.8 Å². The van der Waals surface area contributed by atoms with Crippen molar-refractivity contribution < 1.29 is 9.59 Å².